The van der Waals surface area contributed by atoms with Crippen molar-refractivity contribution >= 4 is 42.1 Å². The van der Waals surface area contributed by atoms with Crippen molar-refractivity contribution in [2.75, 3.05) is 25.3 Å². The molecule has 3 heterocycles. The van der Waals surface area contributed by atoms with Crippen molar-refractivity contribution in [3.8, 4) is 16.9 Å². The Morgan fingerprint density at radius 3 is 2.47 bits per heavy atom. The van der Waals surface area contributed by atoms with Crippen molar-refractivity contribution in [1.29, 1.82) is 0 Å². The average Bonchev–Trinajstić information content (AvgIpc) is 3.82. The fourth-order valence-corrected chi connectivity index (χ4v) is 8.75. The van der Waals surface area contributed by atoms with Gasteiger partial charge in [-0.3, -0.25) is 19.4 Å². The molecule has 4 aromatic carbocycles. The number of amides is 2. The smallest absolute Gasteiger partial charge is 0.417 e. The number of aromatic nitrogens is 1. The second-order valence-electron chi connectivity index (χ2n) is 15.2. The van der Waals surface area contributed by atoms with Crippen LogP contribution in [0.4, 0.5) is 16.2 Å². The summed E-state index contributed by atoms with van der Waals surface area (Å²) >= 11 is 0. The van der Waals surface area contributed by atoms with Gasteiger partial charge < -0.3 is 23.7 Å². The molecule has 0 spiro atoms. The van der Waals surface area contributed by atoms with Crippen molar-refractivity contribution in [3.63, 3.8) is 0 Å². The van der Waals surface area contributed by atoms with Crippen LogP contribution < -0.4 is 15.2 Å². The highest BCUT2D eigenvalue weighted by molar-refractivity contribution is 5.88. The number of benzene rings is 4. The Hall–Kier alpha value is -6.75. The summed E-state index contributed by atoms with van der Waals surface area (Å²) in [5, 5.41) is 0. The third-order valence-electron chi connectivity index (χ3n) is 11.7. The molecule has 2 aliphatic heterocycles. The van der Waals surface area contributed by atoms with E-state index in [0.29, 0.717) is 55.0 Å². The quantitative estimate of drug-likeness (QED) is 0.0508. The van der Waals surface area contributed by atoms with E-state index in [9.17, 15) is 19.2 Å². The SMILES string of the molecule is C=Nc1ccc(OCN(C(=O)OCC2c3ccccc3-c3ccc(CN(C)C=O)cc32)c2ccccc2)cc1/C(CC)=C1\Cc2cc3c(c(=O)n2C1)COC(=O)C3CC. The van der Waals surface area contributed by atoms with Crippen LogP contribution in [0.25, 0.3) is 16.7 Å². The van der Waals surface area contributed by atoms with Crippen LogP contribution in [0, 0.1) is 0 Å². The normalized spacial score (nSPS) is 16.8. The molecule has 5 aromatic rings. The number of cyclic esters (lactones) is 1. The maximum Gasteiger partial charge on any atom is 0.417 e. The highest BCUT2D eigenvalue weighted by Gasteiger charge is 2.34. The summed E-state index contributed by atoms with van der Waals surface area (Å²) in [5.41, 5.74) is 11.6. The van der Waals surface area contributed by atoms with Crippen molar-refractivity contribution in [2.24, 2.45) is 4.99 Å². The molecule has 2 amide bonds. The lowest BCUT2D eigenvalue weighted by molar-refractivity contribution is -0.148. The lowest BCUT2D eigenvalue weighted by atomic mass is 9.90. The van der Waals surface area contributed by atoms with Crippen molar-refractivity contribution in [2.45, 2.75) is 64.6 Å². The molecule has 2 atom stereocenters. The Bertz CT molecular complexity index is 2560. The minimum absolute atomic E-state index is 0.00825. The second-order valence-corrected chi connectivity index (χ2v) is 15.2. The number of hydrogen-bond acceptors (Lipinski definition) is 8. The van der Waals surface area contributed by atoms with Crippen molar-refractivity contribution < 1.29 is 28.6 Å². The van der Waals surface area contributed by atoms with E-state index in [1.54, 1.807) is 22.6 Å². The predicted octanol–water partition coefficient (Wildman–Crippen LogP) is 8.53. The van der Waals surface area contributed by atoms with E-state index in [1.807, 2.05) is 73.7 Å². The summed E-state index contributed by atoms with van der Waals surface area (Å²) < 4.78 is 19.7. The minimum atomic E-state index is -0.561. The van der Waals surface area contributed by atoms with Gasteiger partial charge in [0.15, 0.2) is 6.73 Å². The van der Waals surface area contributed by atoms with Crippen LogP contribution in [0.1, 0.15) is 77.6 Å². The van der Waals surface area contributed by atoms with Crippen LogP contribution in [0.5, 0.6) is 5.75 Å². The van der Waals surface area contributed by atoms with Gasteiger partial charge in [0, 0.05) is 43.7 Å². The third-order valence-corrected chi connectivity index (χ3v) is 11.7. The van der Waals surface area contributed by atoms with Gasteiger partial charge in [0.05, 0.1) is 22.9 Å². The van der Waals surface area contributed by atoms with Gasteiger partial charge in [0.1, 0.15) is 19.0 Å². The van der Waals surface area contributed by atoms with Crippen LogP contribution in [0.3, 0.4) is 0 Å². The first-order chi connectivity index (χ1) is 28.7. The number of rotatable bonds is 13. The first-order valence-electron chi connectivity index (χ1n) is 20.0. The molecule has 0 saturated carbocycles. The molecule has 59 heavy (non-hydrogen) atoms. The van der Waals surface area contributed by atoms with Gasteiger partial charge in [-0.25, -0.2) is 9.69 Å². The number of nitrogens with zero attached hydrogens (tertiary/aromatic N) is 4. The number of carbonyl (C=O) groups is 3. The summed E-state index contributed by atoms with van der Waals surface area (Å²) in [7, 11) is 1.74. The maximum absolute atomic E-state index is 14.1. The summed E-state index contributed by atoms with van der Waals surface area (Å²) in [4.78, 5) is 59.1. The number of carbonyl (C=O) groups excluding carboxylic acids is 3. The summed E-state index contributed by atoms with van der Waals surface area (Å²) in [5.74, 6) is -0.408. The molecular formula is C48H46N4O7. The molecule has 11 nitrogen and oxygen atoms in total. The van der Waals surface area contributed by atoms with E-state index in [4.69, 9.17) is 14.2 Å². The first kappa shape index (κ1) is 39.1. The monoisotopic (exact) mass is 790 g/mol. The average molecular weight is 791 g/mol. The predicted molar refractivity (Wildman–Crippen MR) is 227 cm³/mol. The fourth-order valence-electron chi connectivity index (χ4n) is 8.75. The number of allylic oxidation sites excluding steroid dienone is 2. The largest absolute Gasteiger partial charge is 0.473 e. The van der Waals surface area contributed by atoms with Crippen molar-refractivity contribution in [3.05, 3.63) is 152 Å². The Labute approximate surface area is 343 Å². The van der Waals surface area contributed by atoms with E-state index in [2.05, 4.69) is 42.9 Å². The molecule has 8 rings (SSSR count). The molecule has 0 bridgehead atoms. The fraction of sp³-hybridized carbons (Fsp3) is 0.271. The van der Waals surface area contributed by atoms with E-state index >= 15 is 0 Å². The second kappa shape index (κ2) is 16.6. The van der Waals surface area contributed by atoms with E-state index < -0.39 is 12.0 Å². The standard InChI is InChI=1S/C48H46N4O7/c1-5-35(31-21-33-22-41-36(6-2)47(55)57-27-44(41)46(54)51(33)25-31)42-23-34(17-19-45(42)49-3)59-29-52(32-12-8-7-9-13-32)48(56)58-26-43-38-15-11-10-14-37(38)39-18-16-30(20-40(39)43)24-50(4)28-53/h7-20,22-23,28,36,43H,3,5-6,21,24-27,29H2,1-2,4H3/b35-31+. The molecule has 300 valence electrons. The van der Waals surface area contributed by atoms with Crippen LogP contribution in [0.15, 0.2) is 112 Å². The van der Waals surface area contributed by atoms with Crippen LogP contribution in [-0.4, -0.2) is 55.0 Å². The molecule has 11 heteroatoms. The zero-order chi connectivity index (χ0) is 41.2. The van der Waals surface area contributed by atoms with Crippen molar-refractivity contribution in [1.82, 2.24) is 9.47 Å². The highest BCUT2D eigenvalue weighted by Crippen LogP contribution is 2.45. The maximum atomic E-state index is 14.1. The number of pyridine rings is 1. The van der Waals surface area contributed by atoms with Crippen LogP contribution in [-0.2, 0) is 45.2 Å². The van der Waals surface area contributed by atoms with E-state index in [-0.39, 0.29) is 37.4 Å². The zero-order valence-electron chi connectivity index (χ0n) is 33.5. The zero-order valence-corrected chi connectivity index (χ0v) is 33.5. The molecule has 1 aromatic heterocycles. The molecule has 3 aliphatic rings. The summed E-state index contributed by atoms with van der Waals surface area (Å²) in [6.45, 7) is 8.68. The van der Waals surface area contributed by atoms with Gasteiger partial charge >= 0.3 is 12.1 Å². The van der Waals surface area contributed by atoms with Crippen LogP contribution >= 0.6 is 0 Å². The van der Waals surface area contributed by atoms with Gasteiger partial charge in [0.2, 0.25) is 6.41 Å². The Balaban J connectivity index is 1.04. The topological polar surface area (TPSA) is 120 Å². The molecular weight excluding hydrogens is 745 g/mol. The van der Waals surface area contributed by atoms with Gasteiger partial charge in [-0.1, -0.05) is 74.5 Å². The third kappa shape index (κ3) is 7.44. The molecule has 2 unspecified atom stereocenters. The van der Waals surface area contributed by atoms with E-state index in [1.165, 1.54) is 4.90 Å². The first-order valence-corrected chi connectivity index (χ1v) is 20.0. The Morgan fingerprint density at radius 2 is 1.71 bits per heavy atom. The number of hydrogen-bond donors (Lipinski definition) is 0. The molecule has 0 radical (unpaired) electrons. The lowest BCUT2D eigenvalue weighted by Crippen LogP contribution is -2.35. The van der Waals surface area contributed by atoms with Crippen LogP contribution in [0.2, 0.25) is 0 Å². The van der Waals surface area contributed by atoms with Gasteiger partial charge in [0.25, 0.3) is 5.56 Å². The molecule has 1 aliphatic carbocycles. The van der Waals surface area contributed by atoms with Gasteiger partial charge in [-0.15, -0.1) is 0 Å². The Morgan fingerprint density at radius 1 is 0.932 bits per heavy atom. The van der Waals surface area contributed by atoms with E-state index in [0.717, 1.165) is 62.2 Å². The number of fused-ring (bicyclic) bond motifs is 5. The number of ether oxygens (including phenoxy) is 3. The highest BCUT2D eigenvalue weighted by atomic mass is 16.6. The minimum Gasteiger partial charge on any atom is -0.473 e. The Kier molecular flexibility index (Phi) is 11.0. The molecule has 0 saturated heterocycles. The number of aliphatic imine (C=N–C) groups is 1. The van der Waals surface area contributed by atoms with Gasteiger partial charge in [-0.2, -0.15) is 0 Å². The summed E-state index contributed by atoms with van der Waals surface area (Å²) in [6, 6.07) is 31.2. The number of anilines is 1. The lowest BCUT2D eigenvalue weighted by Gasteiger charge is -2.24. The summed E-state index contributed by atoms with van der Waals surface area (Å²) in [6.07, 6.45) is 2.02. The number of esters is 1. The molecule has 0 fully saturated rings. The molecule has 0 N–H and O–H groups in total. The van der Waals surface area contributed by atoms with Gasteiger partial charge in [-0.05, 0) is 100 Å². The number of para-hydroxylation sites is 1.